The minimum absolute atomic E-state index is 0.224. The van der Waals surface area contributed by atoms with Crippen LogP contribution in [-0.4, -0.2) is 31.9 Å². The van der Waals surface area contributed by atoms with Crippen molar-refractivity contribution in [1.82, 2.24) is 5.32 Å². The highest BCUT2D eigenvalue weighted by Crippen LogP contribution is 2.18. The van der Waals surface area contributed by atoms with Crippen molar-refractivity contribution < 1.29 is 9.53 Å². The maximum atomic E-state index is 12.0. The third kappa shape index (κ3) is 4.60. The van der Waals surface area contributed by atoms with E-state index in [1.807, 2.05) is 0 Å². The fourth-order valence-corrected chi connectivity index (χ4v) is 1.56. The molecule has 0 atom stereocenters. The molecule has 1 amide bonds. The summed E-state index contributed by atoms with van der Waals surface area (Å²) in [6, 6.07) is 8.37. The Labute approximate surface area is 122 Å². The quantitative estimate of drug-likeness (QED) is 0.463. The molecular weight excluding hydrogens is 270 g/mol. The number of carbonyl (C=O) groups is 1. The molecule has 1 rings (SSSR count). The Kier molecular flexibility index (Phi) is 6.39. The van der Waals surface area contributed by atoms with Crippen LogP contribution in [-0.2, 0) is 4.74 Å². The predicted molar refractivity (Wildman–Crippen MR) is 77.7 cm³/mol. The molecule has 21 heavy (non-hydrogen) atoms. The normalized spacial score (nSPS) is 9.14. The van der Waals surface area contributed by atoms with E-state index in [2.05, 4.69) is 15.8 Å². The highest BCUT2D eigenvalue weighted by molar-refractivity contribution is 6.10. The summed E-state index contributed by atoms with van der Waals surface area (Å²) in [5.74, 6) is -0.224. The lowest BCUT2D eigenvalue weighted by Gasteiger charge is -2.10. The van der Waals surface area contributed by atoms with Crippen molar-refractivity contribution in [2.75, 3.05) is 25.7 Å². The zero-order valence-electron chi connectivity index (χ0n) is 11.8. The third-order valence-corrected chi connectivity index (χ3v) is 2.67. The Bertz CT molecular complexity index is 609. The van der Waals surface area contributed by atoms with E-state index in [1.165, 1.54) is 0 Å². The molecule has 0 aromatic heterocycles. The first-order valence-electron chi connectivity index (χ1n) is 6.14. The van der Waals surface area contributed by atoms with Crippen molar-refractivity contribution >= 4 is 17.3 Å². The van der Waals surface area contributed by atoms with Crippen LogP contribution in [0.3, 0.4) is 0 Å². The van der Waals surface area contributed by atoms with Crippen LogP contribution in [0.5, 0.6) is 0 Å². The van der Waals surface area contributed by atoms with Gasteiger partial charge in [-0.1, -0.05) is 6.07 Å². The molecular formula is C14H15N5O2. The van der Waals surface area contributed by atoms with Gasteiger partial charge in [0.2, 0.25) is 5.71 Å². The fraction of sp³-hybridized carbons (Fsp3) is 0.286. The van der Waals surface area contributed by atoms with Crippen LogP contribution >= 0.6 is 0 Å². The number of carbonyl (C=O) groups excluding carboxylic acids is 1. The summed E-state index contributed by atoms with van der Waals surface area (Å²) >= 11 is 0. The Balaban J connectivity index is 2.89. The molecule has 1 aromatic rings. The molecule has 0 fully saturated rings. The molecule has 1 aromatic carbocycles. The monoisotopic (exact) mass is 285 g/mol. The summed E-state index contributed by atoms with van der Waals surface area (Å²) in [4.78, 5) is 12.0. The number of rotatable bonds is 6. The SMILES string of the molecule is COCCNC(=O)c1cccc(NN=C(C#N)C#N)c1C. The van der Waals surface area contributed by atoms with Gasteiger partial charge in [-0.2, -0.15) is 15.6 Å². The molecule has 0 aliphatic rings. The summed E-state index contributed by atoms with van der Waals surface area (Å²) < 4.78 is 4.87. The van der Waals surface area contributed by atoms with Gasteiger partial charge < -0.3 is 10.1 Å². The smallest absolute Gasteiger partial charge is 0.251 e. The molecule has 2 N–H and O–H groups in total. The number of anilines is 1. The lowest BCUT2D eigenvalue weighted by molar-refractivity contribution is 0.0936. The average Bonchev–Trinajstić information content (AvgIpc) is 2.49. The van der Waals surface area contributed by atoms with Crippen LogP contribution in [0, 0.1) is 29.6 Å². The van der Waals surface area contributed by atoms with Crippen molar-refractivity contribution in [3.63, 3.8) is 0 Å². The number of hydrazone groups is 1. The highest BCUT2D eigenvalue weighted by atomic mass is 16.5. The molecule has 0 bridgehead atoms. The average molecular weight is 285 g/mol. The third-order valence-electron chi connectivity index (χ3n) is 2.67. The van der Waals surface area contributed by atoms with Gasteiger partial charge in [-0.3, -0.25) is 10.2 Å². The van der Waals surface area contributed by atoms with Gasteiger partial charge in [-0.25, -0.2) is 0 Å². The number of methoxy groups -OCH3 is 1. The maximum Gasteiger partial charge on any atom is 0.251 e. The molecule has 0 aliphatic carbocycles. The van der Waals surface area contributed by atoms with E-state index >= 15 is 0 Å². The van der Waals surface area contributed by atoms with Crippen molar-refractivity contribution in [1.29, 1.82) is 10.5 Å². The number of nitriles is 2. The first-order valence-corrected chi connectivity index (χ1v) is 6.14. The minimum Gasteiger partial charge on any atom is -0.383 e. The Hall–Kier alpha value is -2.90. The second kappa shape index (κ2) is 8.31. The lowest BCUT2D eigenvalue weighted by Crippen LogP contribution is -2.27. The topological polar surface area (TPSA) is 110 Å². The molecule has 7 heteroatoms. The largest absolute Gasteiger partial charge is 0.383 e. The van der Waals surface area contributed by atoms with Crippen molar-refractivity contribution in [2.24, 2.45) is 5.10 Å². The van der Waals surface area contributed by atoms with Gasteiger partial charge in [0.05, 0.1) is 12.3 Å². The minimum atomic E-state index is -0.288. The van der Waals surface area contributed by atoms with Gasteiger partial charge in [0.1, 0.15) is 12.1 Å². The fourth-order valence-electron chi connectivity index (χ4n) is 1.56. The van der Waals surface area contributed by atoms with Gasteiger partial charge in [0, 0.05) is 19.2 Å². The van der Waals surface area contributed by atoms with Crippen LogP contribution < -0.4 is 10.7 Å². The summed E-state index contributed by atoms with van der Waals surface area (Å²) in [6.07, 6.45) is 0. The summed E-state index contributed by atoms with van der Waals surface area (Å²) in [6.45, 7) is 2.60. The van der Waals surface area contributed by atoms with Crippen LogP contribution in [0.4, 0.5) is 5.69 Å². The van der Waals surface area contributed by atoms with Crippen molar-refractivity contribution in [2.45, 2.75) is 6.92 Å². The van der Waals surface area contributed by atoms with Crippen LogP contribution in [0.2, 0.25) is 0 Å². The predicted octanol–water partition coefficient (Wildman–Crippen LogP) is 1.19. The molecule has 0 aliphatic heterocycles. The summed E-state index contributed by atoms with van der Waals surface area (Å²) in [5, 5.41) is 23.6. The number of benzene rings is 1. The van der Waals surface area contributed by atoms with Crippen LogP contribution in [0.15, 0.2) is 23.3 Å². The number of nitrogens with zero attached hydrogens (tertiary/aromatic N) is 3. The first-order chi connectivity index (χ1) is 10.1. The summed E-state index contributed by atoms with van der Waals surface area (Å²) in [5.41, 5.74) is 4.04. The first kappa shape index (κ1) is 16.2. The number of nitrogens with one attached hydrogen (secondary N) is 2. The molecule has 0 saturated carbocycles. The highest BCUT2D eigenvalue weighted by Gasteiger charge is 2.11. The van der Waals surface area contributed by atoms with E-state index < -0.39 is 0 Å². The van der Waals surface area contributed by atoms with E-state index in [-0.39, 0.29) is 11.6 Å². The van der Waals surface area contributed by atoms with Gasteiger partial charge in [0.25, 0.3) is 5.91 Å². The molecule has 7 nitrogen and oxygen atoms in total. The molecule has 0 spiro atoms. The van der Waals surface area contributed by atoms with Gasteiger partial charge >= 0.3 is 0 Å². The van der Waals surface area contributed by atoms with E-state index in [0.717, 1.165) is 0 Å². The molecule has 108 valence electrons. The Morgan fingerprint density at radius 3 is 2.71 bits per heavy atom. The molecule has 0 radical (unpaired) electrons. The van der Waals surface area contributed by atoms with E-state index in [1.54, 1.807) is 44.4 Å². The molecule has 0 unspecified atom stereocenters. The number of hydrogen-bond acceptors (Lipinski definition) is 6. The lowest BCUT2D eigenvalue weighted by atomic mass is 10.1. The van der Waals surface area contributed by atoms with Gasteiger partial charge in [-0.05, 0) is 24.6 Å². The van der Waals surface area contributed by atoms with E-state index in [4.69, 9.17) is 15.3 Å². The van der Waals surface area contributed by atoms with E-state index in [9.17, 15) is 4.79 Å². The van der Waals surface area contributed by atoms with Crippen molar-refractivity contribution in [3.8, 4) is 12.1 Å². The zero-order valence-corrected chi connectivity index (χ0v) is 11.8. The second-order valence-corrected chi connectivity index (χ2v) is 4.02. The Morgan fingerprint density at radius 2 is 2.10 bits per heavy atom. The molecule has 0 saturated heterocycles. The molecule has 0 heterocycles. The number of ether oxygens (including phenoxy) is 1. The number of hydrogen-bond donors (Lipinski definition) is 2. The van der Waals surface area contributed by atoms with Crippen LogP contribution in [0.1, 0.15) is 15.9 Å². The zero-order chi connectivity index (χ0) is 15.7. The number of amides is 1. The summed E-state index contributed by atoms with van der Waals surface area (Å²) in [7, 11) is 1.56. The van der Waals surface area contributed by atoms with Gasteiger partial charge in [0.15, 0.2) is 0 Å². The van der Waals surface area contributed by atoms with Gasteiger partial charge in [-0.15, -0.1) is 0 Å². The van der Waals surface area contributed by atoms with Crippen LogP contribution in [0.25, 0.3) is 0 Å². The standard InChI is InChI=1S/C14H15N5O2/c1-10-12(14(20)17-6-7-21-2)4-3-5-13(10)19-18-11(8-15)9-16/h3-5,19H,6-7H2,1-2H3,(H,17,20). The second-order valence-electron chi connectivity index (χ2n) is 4.02. The van der Waals surface area contributed by atoms with E-state index in [0.29, 0.717) is 30.0 Å². The van der Waals surface area contributed by atoms with Crippen molar-refractivity contribution in [3.05, 3.63) is 29.3 Å². The maximum absolute atomic E-state index is 12.0. The Morgan fingerprint density at radius 1 is 1.38 bits per heavy atom.